The number of hydrogen-bond donors (Lipinski definition) is 0. The molecule has 1 aromatic heterocycles. The first kappa shape index (κ1) is 26.5. The van der Waals surface area contributed by atoms with Gasteiger partial charge in [-0.1, -0.05) is 0 Å². The van der Waals surface area contributed by atoms with Crippen LogP contribution in [0.25, 0.3) is 16.6 Å². The average molecular weight is 612 g/mol. The quantitative estimate of drug-likeness (QED) is 0.129. The van der Waals surface area contributed by atoms with Crippen molar-refractivity contribution in [1.29, 1.82) is 0 Å². The van der Waals surface area contributed by atoms with Gasteiger partial charge >= 0.3 is 10.1 Å². The van der Waals surface area contributed by atoms with E-state index in [1.54, 1.807) is 0 Å². The van der Waals surface area contributed by atoms with Crippen LogP contribution in [0.4, 0.5) is 30.7 Å². The lowest BCUT2D eigenvalue weighted by molar-refractivity contribution is 0.346. The summed E-state index contributed by atoms with van der Waals surface area (Å²) in [5.74, 6) is -17.4. The fourth-order valence-corrected chi connectivity index (χ4v) is 4.70. The van der Waals surface area contributed by atoms with Gasteiger partial charge in [0.05, 0.1) is 22.8 Å². The van der Waals surface area contributed by atoms with Gasteiger partial charge < -0.3 is 8.92 Å². The highest BCUT2D eigenvalue weighted by molar-refractivity contribution is 9.10. The lowest BCUT2D eigenvalue weighted by atomic mass is 10.2. The Kier molecular flexibility index (Phi) is 6.71. The smallest absolute Gasteiger partial charge is 0.342 e. The second-order valence-corrected chi connectivity index (χ2v) is 9.59. The maximum absolute atomic E-state index is 15.0. The van der Waals surface area contributed by atoms with E-state index in [4.69, 9.17) is 4.74 Å². The number of methoxy groups -OCH3 is 1. The molecule has 0 amide bonds. The lowest BCUT2D eigenvalue weighted by Crippen LogP contribution is -2.20. The first-order chi connectivity index (χ1) is 17.3. The van der Waals surface area contributed by atoms with E-state index < -0.39 is 67.0 Å². The number of fused-ring (bicyclic) bond motifs is 1. The minimum Gasteiger partial charge on any atom is -0.495 e. The monoisotopic (exact) mass is 611 g/mol. The summed E-state index contributed by atoms with van der Waals surface area (Å²) in [5, 5.41) is -0.175. The summed E-state index contributed by atoms with van der Waals surface area (Å²) in [6, 6.07) is 5.14. The molecule has 0 aliphatic rings. The number of hydrogen-bond acceptors (Lipinski definition) is 5. The summed E-state index contributed by atoms with van der Waals surface area (Å²) in [6.45, 7) is 0. The molecule has 194 valence electrons. The maximum atomic E-state index is 15.0. The highest BCUT2D eigenvalue weighted by Crippen LogP contribution is 2.34. The molecule has 0 atom stereocenters. The van der Waals surface area contributed by atoms with Gasteiger partial charge in [0.1, 0.15) is 22.3 Å². The van der Waals surface area contributed by atoms with Crippen molar-refractivity contribution in [2.75, 3.05) is 7.11 Å². The normalized spacial score (nSPS) is 11.7. The maximum Gasteiger partial charge on any atom is 0.342 e. The average Bonchev–Trinajstić information content (AvgIpc) is 2.85. The number of aromatic nitrogens is 1. The second-order valence-electron chi connectivity index (χ2n) is 7.22. The number of ether oxygens (including phenoxy) is 1. The molecule has 0 saturated heterocycles. The first-order valence-electron chi connectivity index (χ1n) is 9.63. The van der Waals surface area contributed by atoms with Crippen LogP contribution in [0.5, 0.6) is 11.5 Å². The zero-order chi connectivity index (χ0) is 27.4. The highest BCUT2D eigenvalue weighted by atomic mass is 79.9. The Morgan fingerprint density at radius 1 is 0.811 bits per heavy atom. The summed E-state index contributed by atoms with van der Waals surface area (Å²) in [6.07, 6.45) is 0. The Labute approximate surface area is 210 Å². The zero-order valence-corrected chi connectivity index (χ0v) is 20.3. The third kappa shape index (κ3) is 4.41. The van der Waals surface area contributed by atoms with Gasteiger partial charge in [0.25, 0.3) is 5.56 Å². The van der Waals surface area contributed by atoms with Crippen molar-refractivity contribution in [2.24, 2.45) is 0 Å². The van der Waals surface area contributed by atoms with Crippen LogP contribution in [-0.4, -0.2) is 20.1 Å². The van der Waals surface area contributed by atoms with Crippen molar-refractivity contribution in [3.05, 3.63) is 91.9 Å². The van der Waals surface area contributed by atoms with Crippen molar-refractivity contribution >= 4 is 37.0 Å². The second kappa shape index (κ2) is 9.37. The van der Waals surface area contributed by atoms with Crippen molar-refractivity contribution in [3.63, 3.8) is 0 Å². The SMILES string of the molecule is COc1cc(Br)c(F)cc1-n1c(=O)ccc2cc(S(=O)(=O)Oc3c(F)c(F)c(F)c(F)c3F)c(F)cc21. The summed E-state index contributed by atoms with van der Waals surface area (Å²) in [5.41, 5.74) is -1.29. The molecule has 4 aromatic rings. The van der Waals surface area contributed by atoms with Gasteiger partial charge in [-0.2, -0.15) is 17.2 Å². The number of nitrogens with zero attached hydrogens (tertiary/aromatic N) is 1. The predicted molar refractivity (Wildman–Crippen MR) is 118 cm³/mol. The Morgan fingerprint density at radius 2 is 1.41 bits per heavy atom. The molecule has 4 rings (SSSR count). The third-order valence-electron chi connectivity index (χ3n) is 5.04. The molecule has 15 heteroatoms. The van der Waals surface area contributed by atoms with Crippen LogP contribution in [0.15, 0.2) is 50.6 Å². The van der Waals surface area contributed by atoms with E-state index in [0.717, 1.165) is 22.8 Å². The van der Waals surface area contributed by atoms with Gasteiger partial charge in [-0.15, -0.1) is 0 Å². The molecule has 0 saturated carbocycles. The summed E-state index contributed by atoms with van der Waals surface area (Å²) < 4.78 is 132. The lowest BCUT2D eigenvalue weighted by Gasteiger charge is -2.16. The largest absolute Gasteiger partial charge is 0.495 e. The van der Waals surface area contributed by atoms with Gasteiger partial charge in [-0.25, -0.2) is 22.0 Å². The fourth-order valence-electron chi connectivity index (χ4n) is 3.35. The Balaban J connectivity index is 1.92. The predicted octanol–water partition coefficient (Wildman–Crippen LogP) is 5.50. The third-order valence-corrected chi connectivity index (χ3v) is 6.89. The number of rotatable bonds is 5. The van der Waals surface area contributed by atoms with Crippen LogP contribution >= 0.6 is 15.9 Å². The molecule has 0 aliphatic carbocycles. The molecule has 0 aliphatic heterocycles. The molecular formula is C22H9BrF7NO5S. The molecule has 0 bridgehead atoms. The first-order valence-corrected chi connectivity index (χ1v) is 11.8. The van der Waals surface area contributed by atoms with Crippen LogP contribution in [0.1, 0.15) is 0 Å². The number of halogens is 8. The van der Waals surface area contributed by atoms with Crippen molar-refractivity contribution in [1.82, 2.24) is 4.57 Å². The molecule has 1 heterocycles. The summed E-state index contributed by atoms with van der Waals surface area (Å²) in [7, 11) is -4.32. The fraction of sp³-hybridized carbons (Fsp3) is 0.0455. The number of pyridine rings is 1. The van der Waals surface area contributed by atoms with Crippen molar-refractivity contribution in [3.8, 4) is 17.2 Å². The number of benzene rings is 3. The van der Waals surface area contributed by atoms with Gasteiger partial charge in [-0.3, -0.25) is 9.36 Å². The Hall–Kier alpha value is -3.59. The van der Waals surface area contributed by atoms with Gasteiger partial charge in [0.2, 0.25) is 34.8 Å². The van der Waals surface area contributed by atoms with Crippen LogP contribution in [0.3, 0.4) is 0 Å². The van der Waals surface area contributed by atoms with E-state index in [2.05, 4.69) is 20.1 Å². The summed E-state index contributed by atoms with van der Waals surface area (Å²) >= 11 is 2.95. The highest BCUT2D eigenvalue weighted by Gasteiger charge is 2.32. The molecule has 0 N–H and O–H groups in total. The van der Waals surface area contributed by atoms with E-state index in [9.17, 15) is 39.6 Å². The summed E-state index contributed by atoms with van der Waals surface area (Å²) in [4.78, 5) is 11.3. The van der Waals surface area contributed by atoms with E-state index in [0.29, 0.717) is 12.1 Å². The van der Waals surface area contributed by atoms with E-state index in [-0.39, 0.29) is 26.8 Å². The molecule has 0 radical (unpaired) electrons. The minimum atomic E-state index is -5.53. The van der Waals surface area contributed by atoms with E-state index in [1.165, 1.54) is 13.2 Å². The molecule has 0 unspecified atom stereocenters. The molecule has 0 fully saturated rings. The van der Waals surface area contributed by atoms with Gasteiger partial charge in [0, 0.05) is 23.6 Å². The Morgan fingerprint density at radius 3 is 2.00 bits per heavy atom. The van der Waals surface area contributed by atoms with Crippen LogP contribution < -0.4 is 14.5 Å². The topological polar surface area (TPSA) is 74.6 Å². The standard InChI is InChI=1S/C22H9BrF7NO5S/c1-35-14-5-9(23)10(24)6-13(14)31-12-7-11(25)15(4-8(12)2-3-16(31)32)37(33,34)36-22-20(29)18(27)17(26)19(28)21(22)30/h2-7H,1H3. The van der Waals surface area contributed by atoms with Gasteiger partial charge in [0.15, 0.2) is 0 Å². The van der Waals surface area contributed by atoms with E-state index >= 15 is 4.39 Å². The molecule has 6 nitrogen and oxygen atoms in total. The molecular weight excluding hydrogens is 603 g/mol. The molecule has 0 spiro atoms. The molecule has 37 heavy (non-hydrogen) atoms. The molecule has 3 aromatic carbocycles. The van der Waals surface area contributed by atoms with Crippen LogP contribution in [-0.2, 0) is 10.1 Å². The Bertz CT molecular complexity index is 1750. The zero-order valence-electron chi connectivity index (χ0n) is 17.9. The van der Waals surface area contributed by atoms with Crippen LogP contribution in [0.2, 0.25) is 0 Å². The van der Waals surface area contributed by atoms with Crippen molar-refractivity contribution < 1.29 is 48.1 Å². The van der Waals surface area contributed by atoms with Gasteiger partial charge in [-0.05, 0) is 34.1 Å². The minimum absolute atomic E-state index is 0.0220. The van der Waals surface area contributed by atoms with E-state index in [1.807, 2.05) is 0 Å². The van der Waals surface area contributed by atoms with Crippen LogP contribution in [0, 0.1) is 40.7 Å². The van der Waals surface area contributed by atoms with Crippen molar-refractivity contribution in [2.45, 2.75) is 4.90 Å².